The Morgan fingerprint density at radius 1 is 1.44 bits per heavy atom. The van der Waals surface area contributed by atoms with E-state index >= 15 is 0 Å². The fourth-order valence-corrected chi connectivity index (χ4v) is 1.06. The lowest BCUT2D eigenvalue weighted by Crippen LogP contribution is -2.22. The summed E-state index contributed by atoms with van der Waals surface area (Å²) in [5, 5.41) is 3.28. The molecule has 0 aliphatic heterocycles. The molecule has 0 atom stereocenters. The highest BCUT2D eigenvalue weighted by atomic mass is 16.5. The van der Waals surface area contributed by atoms with E-state index in [2.05, 4.69) is 35.7 Å². The Kier molecular flexibility index (Phi) is 5.50. The molecule has 0 amide bonds. The average molecular weight is 221 g/mol. The molecule has 1 aromatic rings. The second-order valence-electron chi connectivity index (χ2n) is 3.81. The van der Waals surface area contributed by atoms with Crippen LogP contribution in [0.1, 0.15) is 26.0 Å². The number of ether oxygens (including phenoxy) is 1. The smallest absolute Gasteiger partial charge is 0.232 e. The summed E-state index contributed by atoms with van der Waals surface area (Å²) in [7, 11) is 0. The fraction of sp³-hybridized carbons (Fsp3) is 0.500. The van der Waals surface area contributed by atoms with Crippen molar-refractivity contribution in [1.29, 1.82) is 0 Å². The van der Waals surface area contributed by atoms with E-state index < -0.39 is 0 Å². The molecule has 1 aromatic heterocycles. The molecule has 0 bridgehead atoms. The quantitative estimate of drug-likeness (QED) is 0.564. The molecule has 4 heteroatoms. The van der Waals surface area contributed by atoms with Crippen molar-refractivity contribution in [3.05, 3.63) is 30.7 Å². The standard InChI is InChI=1S/C12H19N3O/c1-4-5-6-16-12-9-14-11(8-15-12)7-13-10(2)3/h4,8-10,13H,1,5-7H2,2-3H3. The van der Waals surface area contributed by atoms with Crippen LogP contribution in [0, 0.1) is 0 Å². The molecule has 0 radical (unpaired) electrons. The van der Waals surface area contributed by atoms with E-state index in [4.69, 9.17) is 4.74 Å². The van der Waals surface area contributed by atoms with E-state index in [1.165, 1.54) is 0 Å². The number of aromatic nitrogens is 2. The van der Waals surface area contributed by atoms with Gasteiger partial charge >= 0.3 is 0 Å². The lowest BCUT2D eigenvalue weighted by Gasteiger charge is -2.07. The van der Waals surface area contributed by atoms with Crippen molar-refractivity contribution < 1.29 is 4.74 Å². The van der Waals surface area contributed by atoms with Crippen LogP contribution in [0.3, 0.4) is 0 Å². The number of hydrogen-bond donors (Lipinski definition) is 1. The second-order valence-corrected chi connectivity index (χ2v) is 3.81. The summed E-state index contributed by atoms with van der Waals surface area (Å²) in [6, 6.07) is 0.449. The normalized spacial score (nSPS) is 10.4. The molecule has 1 rings (SSSR count). The van der Waals surface area contributed by atoms with Crippen LogP contribution in [-0.2, 0) is 6.54 Å². The largest absolute Gasteiger partial charge is 0.476 e. The number of rotatable bonds is 7. The van der Waals surface area contributed by atoms with Crippen molar-refractivity contribution in [2.75, 3.05) is 6.61 Å². The number of hydrogen-bond acceptors (Lipinski definition) is 4. The highest BCUT2D eigenvalue weighted by Gasteiger charge is 1.99. The van der Waals surface area contributed by atoms with Crippen molar-refractivity contribution in [2.45, 2.75) is 32.9 Å². The lowest BCUT2D eigenvalue weighted by atomic mass is 10.3. The van der Waals surface area contributed by atoms with E-state index in [0.717, 1.165) is 18.7 Å². The van der Waals surface area contributed by atoms with Gasteiger partial charge in [-0.1, -0.05) is 19.9 Å². The van der Waals surface area contributed by atoms with E-state index in [9.17, 15) is 0 Å². The Balaban J connectivity index is 2.38. The predicted octanol–water partition coefficient (Wildman–Crippen LogP) is 1.93. The van der Waals surface area contributed by atoms with Crippen LogP contribution in [-0.4, -0.2) is 22.6 Å². The first kappa shape index (κ1) is 12.6. The highest BCUT2D eigenvalue weighted by Crippen LogP contribution is 2.04. The van der Waals surface area contributed by atoms with Gasteiger partial charge in [-0.2, -0.15) is 0 Å². The molecule has 0 aromatic carbocycles. The van der Waals surface area contributed by atoms with Crippen LogP contribution in [0.25, 0.3) is 0 Å². The third kappa shape index (κ3) is 4.89. The van der Waals surface area contributed by atoms with Gasteiger partial charge in [0.1, 0.15) is 0 Å². The summed E-state index contributed by atoms with van der Waals surface area (Å²) in [6.07, 6.45) is 6.02. The first-order valence-electron chi connectivity index (χ1n) is 5.50. The van der Waals surface area contributed by atoms with E-state index in [1.807, 2.05) is 6.08 Å². The molecule has 16 heavy (non-hydrogen) atoms. The first-order chi connectivity index (χ1) is 7.72. The van der Waals surface area contributed by atoms with Gasteiger partial charge in [-0.3, -0.25) is 4.98 Å². The molecule has 0 spiro atoms. The lowest BCUT2D eigenvalue weighted by molar-refractivity contribution is 0.310. The summed E-state index contributed by atoms with van der Waals surface area (Å²) in [6.45, 7) is 9.15. The molecule has 0 saturated carbocycles. The van der Waals surface area contributed by atoms with Crippen LogP contribution in [0.4, 0.5) is 0 Å². The molecule has 0 aliphatic carbocycles. The Bertz CT molecular complexity index is 309. The minimum atomic E-state index is 0.449. The van der Waals surface area contributed by atoms with Gasteiger partial charge in [-0.25, -0.2) is 4.98 Å². The third-order valence-electron chi connectivity index (χ3n) is 1.94. The van der Waals surface area contributed by atoms with Gasteiger partial charge in [-0.15, -0.1) is 6.58 Å². The van der Waals surface area contributed by atoms with Crippen LogP contribution < -0.4 is 10.1 Å². The minimum Gasteiger partial charge on any atom is -0.476 e. The minimum absolute atomic E-state index is 0.449. The molecule has 1 N–H and O–H groups in total. The van der Waals surface area contributed by atoms with E-state index in [0.29, 0.717) is 18.5 Å². The third-order valence-corrected chi connectivity index (χ3v) is 1.94. The SMILES string of the molecule is C=CCCOc1cnc(CNC(C)C)cn1. The van der Waals surface area contributed by atoms with Crippen molar-refractivity contribution in [3.8, 4) is 5.88 Å². The predicted molar refractivity (Wildman–Crippen MR) is 64.3 cm³/mol. The molecule has 4 nitrogen and oxygen atoms in total. The first-order valence-corrected chi connectivity index (χ1v) is 5.50. The van der Waals surface area contributed by atoms with E-state index in [-0.39, 0.29) is 0 Å². The summed E-state index contributed by atoms with van der Waals surface area (Å²) >= 11 is 0. The van der Waals surface area contributed by atoms with Crippen molar-refractivity contribution in [1.82, 2.24) is 15.3 Å². The van der Waals surface area contributed by atoms with Crippen LogP contribution in [0.2, 0.25) is 0 Å². The number of nitrogens with one attached hydrogen (secondary N) is 1. The Labute approximate surface area is 96.8 Å². The van der Waals surface area contributed by atoms with Gasteiger partial charge < -0.3 is 10.1 Å². The maximum Gasteiger partial charge on any atom is 0.232 e. The van der Waals surface area contributed by atoms with Crippen LogP contribution in [0.5, 0.6) is 5.88 Å². The Morgan fingerprint density at radius 3 is 2.81 bits per heavy atom. The molecular weight excluding hydrogens is 202 g/mol. The topological polar surface area (TPSA) is 47.0 Å². The molecule has 0 saturated heterocycles. The molecule has 88 valence electrons. The fourth-order valence-electron chi connectivity index (χ4n) is 1.06. The van der Waals surface area contributed by atoms with Crippen molar-refractivity contribution in [2.24, 2.45) is 0 Å². The van der Waals surface area contributed by atoms with Crippen LogP contribution in [0.15, 0.2) is 25.0 Å². The zero-order valence-corrected chi connectivity index (χ0v) is 9.94. The van der Waals surface area contributed by atoms with Gasteiger partial charge in [0, 0.05) is 12.6 Å². The summed E-state index contributed by atoms with van der Waals surface area (Å²) in [5.74, 6) is 0.565. The second kappa shape index (κ2) is 6.95. The monoisotopic (exact) mass is 221 g/mol. The average Bonchev–Trinajstić information content (AvgIpc) is 2.28. The van der Waals surface area contributed by atoms with Gasteiger partial charge in [0.05, 0.1) is 24.7 Å². The molecule has 0 aliphatic rings. The maximum atomic E-state index is 5.36. The van der Waals surface area contributed by atoms with Gasteiger partial charge in [0.25, 0.3) is 0 Å². The number of nitrogens with zero attached hydrogens (tertiary/aromatic N) is 2. The van der Waals surface area contributed by atoms with Crippen LogP contribution >= 0.6 is 0 Å². The van der Waals surface area contributed by atoms with E-state index in [1.54, 1.807) is 12.4 Å². The van der Waals surface area contributed by atoms with Gasteiger partial charge in [-0.05, 0) is 6.42 Å². The van der Waals surface area contributed by atoms with Gasteiger partial charge in [0.15, 0.2) is 0 Å². The van der Waals surface area contributed by atoms with Crippen molar-refractivity contribution in [3.63, 3.8) is 0 Å². The highest BCUT2D eigenvalue weighted by molar-refractivity contribution is 5.07. The molecule has 1 heterocycles. The summed E-state index contributed by atoms with van der Waals surface area (Å²) < 4.78 is 5.36. The zero-order valence-electron chi connectivity index (χ0n) is 9.94. The Hall–Kier alpha value is -1.42. The molecule has 0 fully saturated rings. The zero-order chi connectivity index (χ0) is 11.8. The summed E-state index contributed by atoms with van der Waals surface area (Å²) in [5.41, 5.74) is 0.921. The molecular formula is C12H19N3O. The van der Waals surface area contributed by atoms with Gasteiger partial charge in [0.2, 0.25) is 5.88 Å². The Morgan fingerprint density at radius 2 is 2.25 bits per heavy atom. The maximum absolute atomic E-state index is 5.36. The summed E-state index contributed by atoms with van der Waals surface area (Å²) in [4.78, 5) is 8.42. The molecule has 0 unspecified atom stereocenters. The van der Waals surface area contributed by atoms with Crippen molar-refractivity contribution >= 4 is 0 Å².